The first kappa shape index (κ1) is 29.2. The van der Waals surface area contributed by atoms with Crippen molar-refractivity contribution < 1.29 is 23.6 Å². The van der Waals surface area contributed by atoms with Gasteiger partial charge in [-0.2, -0.15) is 0 Å². The molecule has 6 aliphatic rings. The molecule has 4 fully saturated rings. The van der Waals surface area contributed by atoms with E-state index in [1.807, 2.05) is 12.1 Å². The van der Waals surface area contributed by atoms with E-state index in [-0.39, 0.29) is 41.5 Å². The summed E-state index contributed by atoms with van der Waals surface area (Å²) in [5.74, 6) is -2.98. The Morgan fingerprint density at radius 2 is 1.64 bits per heavy atom. The number of hydrogen-bond acceptors (Lipinski definition) is 6. The number of amides is 4. The number of piperazine rings is 1. The Morgan fingerprint density at radius 3 is 2.32 bits per heavy atom. The van der Waals surface area contributed by atoms with Crippen LogP contribution in [0, 0.1) is 11.2 Å². The number of carbonyl (C=O) groups excluding carboxylic acids is 4. The van der Waals surface area contributed by atoms with Crippen molar-refractivity contribution in [2.24, 2.45) is 5.41 Å². The highest BCUT2D eigenvalue weighted by atomic mass is 35.5. The Hall–Kier alpha value is -3.56. The molecule has 230 valence electrons. The summed E-state index contributed by atoms with van der Waals surface area (Å²) in [5, 5.41) is 2.93. The predicted molar refractivity (Wildman–Crippen MR) is 165 cm³/mol. The molecule has 0 radical (unpaired) electrons. The molecular formula is C34H36ClFN4O4. The van der Waals surface area contributed by atoms with Crippen LogP contribution in [-0.4, -0.2) is 71.2 Å². The van der Waals surface area contributed by atoms with E-state index in [0.29, 0.717) is 12.2 Å². The standard InChI is InChI=1S/C34H36ClFN4O4/c1-34(2)12-11-20(26(15-34)19-3-5-21(35)6-4-19)16-38-17-23-8-7-22(38)18-39(23)29-14-25-24(13-27(29)36)32(43)40(33(25)44)28-9-10-30(41)37-31(28)42/h3-6,13-14,22-23,28H,7-12,15-18H2,1-2H3,(H,37,41,42). The normalized spacial score (nSPS) is 26.9. The Bertz CT molecular complexity index is 1620. The van der Waals surface area contributed by atoms with Crippen molar-refractivity contribution in [1.29, 1.82) is 0 Å². The van der Waals surface area contributed by atoms with Crippen LogP contribution in [0.2, 0.25) is 5.02 Å². The molecule has 3 atom stereocenters. The zero-order valence-corrected chi connectivity index (χ0v) is 25.8. The van der Waals surface area contributed by atoms with E-state index in [2.05, 4.69) is 41.1 Å². The van der Waals surface area contributed by atoms with Crippen molar-refractivity contribution in [2.45, 2.75) is 76.9 Å². The Kier molecular flexibility index (Phi) is 7.16. The third-order valence-electron chi connectivity index (χ3n) is 10.2. The largest absolute Gasteiger partial charge is 0.363 e. The van der Waals surface area contributed by atoms with Crippen LogP contribution in [0.25, 0.3) is 5.57 Å². The van der Waals surface area contributed by atoms with Gasteiger partial charge in [0.15, 0.2) is 0 Å². The van der Waals surface area contributed by atoms with Gasteiger partial charge in [0.2, 0.25) is 11.8 Å². The van der Waals surface area contributed by atoms with Crippen molar-refractivity contribution in [3.05, 3.63) is 69.5 Å². The van der Waals surface area contributed by atoms with Crippen LogP contribution < -0.4 is 10.2 Å². The summed E-state index contributed by atoms with van der Waals surface area (Å²) >= 11 is 6.20. The number of allylic oxidation sites excluding steroid dienone is 1. The molecule has 1 N–H and O–H groups in total. The van der Waals surface area contributed by atoms with Gasteiger partial charge >= 0.3 is 0 Å². The first-order valence-corrected chi connectivity index (χ1v) is 15.9. The molecule has 5 aliphatic heterocycles. The molecule has 10 heteroatoms. The molecule has 4 amide bonds. The number of hydrogen-bond donors (Lipinski definition) is 1. The number of piperidine rings is 3. The summed E-state index contributed by atoms with van der Waals surface area (Å²) in [5.41, 5.74) is 4.73. The summed E-state index contributed by atoms with van der Waals surface area (Å²) in [6.07, 6.45) is 5.23. The van der Waals surface area contributed by atoms with Gasteiger partial charge in [-0.25, -0.2) is 4.39 Å². The maximum atomic E-state index is 15.7. The number of nitrogens with one attached hydrogen (secondary N) is 1. The number of nitrogens with zero attached hydrogens (tertiary/aromatic N) is 3. The first-order chi connectivity index (χ1) is 21.0. The number of rotatable bonds is 5. The molecule has 3 unspecified atom stereocenters. The van der Waals surface area contributed by atoms with Gasteiger partial charge in [0.1, 0.15) is 11.9 Å². The van der Waals surface area contributed by atoms with Crippen LogP contribution in [-0.2, 0) is 9.59 Å². The SMILES string of the molecule is CC1(C)CCC(CN2CC3CCC2CN3c2cc3c(cc2F)C(=O)N(C2CCC(=O)NC2=O)C3=O)=C(c2ccc(Cl)cc2)C1. The quantitative estimate of drug-likeness (QED) is 0.464. The van der Waals surface area contributed by atoms with Gasteiger partial charge in [0, 0.05) is 43.2 Å². The van der Waals surface area contributed by atoms with E-state index in [0.717, 1.165) is 61.2 Å². The molecule has 8 nitrogen and oxygen atoms in total. The molecule has 0 spiro atoms. The molecule has 1 aliphatic carbocycles. The van der Waals surface area contributed by atoms with E-state index in [9.17, 15) is 19.2 Å². The van der Waals surface area contributed by atoms with Crippen LogP contribution in [0.4, 0.5) is 10.1 Å². The summed E-state index contributed by atoms with van der Waals surface area (Å²) in [4.78, 5) is 56.1. The average molecular weight is 619 g/mol. The number of fused-ring (bicyclic) bond motifs is 4. The minimum atomic E-state index is -1.08. The topological polar surface area (TPSA) is 90.0 Å². The average Bonchev–Trinajstić information content (AvgIpc) is 3.22. The fourth-order valence-electron chi connectivity index (χ4n) is 7.81. The smallest absolute Gasteiger partial charge is 0.262 e. The summed E-state index contributed by atoms with van der Waals surface area (Å²) in [7, 11) is 0. The number of carbonyl (C=O) groups is 4. The molecular weight excluding hydrogens is 583 g/mol. The van der Waals surface area contributed by atoms with Gasteiger partial charge in [0.05, 0.1) is 16.8 Å². The lowest BCUT2D eigenvalue weighted by Gasteiger charge is -2.53. The van der Waals surface area contributed by atoms with Gasteiger partial charge < -0.3 is 4.90 Å². The van der Waals surface area contributed by atoms with E-state index in [1.54, 1.807) is 0 Å². The van der Waals surface area contributed by atoms with Crippen molar-refractivity contribution >= 4 is 46.5 Å². The van der Waals surface area contributed by atoms with E-state index < -0.39 is 35.5 Å². The third-order valence-corrected chi connectivity index (χ3v) is 10.5. The molecule has 44 heavy (non-hydrogen) atoms. The van der Waals surface area contributed by atoms with Crippen LogP contribution in [0.15, 0.2) is 42.0 Å². The highest BCUT2D eigenvalue weighted by Crippen LogP contribution is 2.45. The highest BCUT2D eigenvalue weighted by Gasteiger charge is 2.46. The van der Waals surface area contributed by atoms with Crippen molar-refractivity contribution in [3.63, 3.8) is 0 Å². The monoisotopic (exact) mass is 618 g/mol. The maximum absolute atomic E-state index is 15.7. The minimum absolute atomic E-state index is 0.0344. The highest BCUT2D eigenvalue weighted by molar-refractivity contribution is 6.30. The van der Waals surface area contributed by atoms with Gasteiger partial charge in [-0.05, 0) is 79.3 Å². The molecule has 2 bridgehead atoms. The van der Waals surface area contributed by atoms with Gasteiger partial charge in [0.25, 0.3) is 11.8 Å². The van der Waals surface area contributed by atoms with Crippen molar-refractivity contribution in [1.82, 2.24) is 15.1 Å². The Morgan fingerprint density at radius 1 is 0.932 bits per heavy atom. The lowest BCUT2D eigenvalue weighted by Crippen LogP contribution is -2.63. The maximum Gasteiger partial charge on any atom is 0.262 e. The summed E-state index contributed by atoms with van der Waals surface area (Å²) in [6.45, 7) is 6.96. The fraction of sp³-hybridized carbons (Fsp3) is 0.471. The molecule has 2 aromatic rings. The van der Waals surface area contributed by atoms with Crippen LogP contribution in [0.5, 0.6) is 0 Å². The number of imide groups is 2. The zero-order valence-electron chi connectivity index (χ0n) is 25.0. The van der Waals surface area contributed by atoms with Crippen LogP contribution in [0.1, 0.15) is 85.1 Å². The summed E-state index contributed by atoms with van der Waals surface area (Å²) in [6, 6.07) is 10.0. The van der Waals surface area contributed by atoms with E-state index in [4.69, 9.17) is 11.6 Å². The second-order valence-corrected chi connectivity index (χ2v) is 14.1. The molecule has 2 aromatic carbocycles. The second kappa shape index (κ2) is 10.8. The first-order valence-electron chi connectivity index (χ1n) is 15.5. The van der Waals surface area contributed by atoms with Crippen LogP contribution >= 0.6 is 11.6 Å². The second-order valence-electron chi connectivity index (χ2n) is 13.7. The Balaban J connectivity index is 1.12. The molecule has 4 saturated heterocycles. The van der Waals surface area contributed by atoms with Crippen molar-refractivity contribution in [3.8, 4) is 0 Å². The number of halogens is 2. The molecule has 8 rings (SSSR count). The predicted octanol–water partition coefficient (Wildman–Crippen LogP) is 5.20. The van der Waals surface area contributed by atoms with Crippen molar-refractivity contribution in [2.75, 3.05) is 24.5 Å². The number of anilines is 1. The molecule has 0 saturated carbocycles. The van der Waals surface area contributed by atoms with Gasteiger partial charge in [-0.1, -0.05) is 43.2 Å². The van der Waals surface area contributed by atoms with Gasteiger partial charge in [-0.3, -0.25) is 34.3 Å². The fourth-order valence-corrected chi connectivity index (χ4v) is 7.94. The summed E-state index contributed by atoms with van der Waals surface area (Å²) < 4.78 is 15.7. The zero-order chi connectivity index (χ0) is 30.9. The molecule has 5 heterocycles. The van der Waals surface area contributed by atoms with E-state index in [1.165, 1.54) is 22.8 Å². The lowest BCUT2D eigenvalue weighted by atomic mass is 9.72. The minimum Gasteiger partial charge on any atom is -0.363 e. The Labute approximate surface area is 261 Å². The lowest BCUT2D eigenvalue weighted by molar-refractivity contribution is -0.136. The van der Waals surface area contributed by atoms with Gasteiger partial charge in [-0.15, -0.1) is 0 Å². The third kappa shape index (κ3) is 5.04. The van der Waals surface area contributed by atoms with Crippen LogP contribution in [0.3, 0.4) is 0 Å². The molecule has 0 aromatic heterocycles. The van der Waals surface area contributed by atoms with E-state index >= 15 is 4.39 Å². The number of benzene rings is 2.